The SMILES string of the molecule is CC1(C)NC(=O)N(CC(=O)OCC(=O)N2CCN(S(=O)(=O)c3ccc(Cl)cc3)CC2)C1=O. The summed E-state index contributed by atoms with van der Waals surface area (Å²) in [5, 5.41) is 2.86. The van der Waals surface area contributed by atoms with Crippen LogP contribution in [0, 0.1) is 0 Å². The number of carbonyl (C=O) groups excluding carboxylic acids is 4. The number of nitrogens with one attached hydrogen (secondary N) is 1. The van der Waals surface area contributed by atoms with Crippen LogP contribution in [-0.2, 0) is 29.1 Å². The number of carbonyl (C=O) groups is 4. The molecule has 2 saturated heterocycles. The van der Waals surface area contributed by atoms with Crippen LogP contribution in [0.5, 0.6) is 0 Å². The lowest BCUT2D eigenvalue weighted by Gasteiger charge is -2.33. The quantitative estimate of drug-likeness (QED) is 0.443. The maximum Gasteiger partial charge on any atom is 0.326 e. The van der Waals surface area contributed by atoms with Gasteiger partial charge in [0.2, 0.25) is 10.0 Å². The molecule has 0 atom stereocenters. The molecule has 4 amide bonds. The van der Waals surface area contributed by atoms with Gasteiger partial charge in [-0.25, -0.2) is 13.2 Å². The zero-order chi connectivity index (χ0) is 23.7. The maximum absolute atomic E-state index is 12.7. The number of amides is 4. The Kier molecular flexibility index (Phi) is 6.77. The van der Waals surface area contributed by atoms with Gasteiger partial charge in [0, 0.05) is 31.2 Å². The summed E-state index contributed by atoms with van der Waals surface area (Å²) in [5.74, 6) is -1.97. The second kappa shape index (κ2) is 9.04. The van der Waals surface area contributed by atoms with E-state index in [1.165, 1.54) is 47.3 Å². The van der Waals surface area contributed by atoms with Gasteiger partial charge in [0.05, 0.1) is 4.90 Å². The summed E-state index contributed by atoms with van der Waals surface area (Å²) in [6.07, 6.45) is 0. The lowest BCUT2D eigenvalue weighted by molar-refractivity contribution is -0.154. The number of ether oxygens (including phenoxy) is 1. The van der Waals surface area contributed by atoms with Crippen molar-refractivity contribution in [2.24, 2.45) is 0 Å². The van der Waals surface area contributed by atoms with Gasteiger partial charge < -0.3 is 15.0 Å². The molecule has 2 aliphatic heterocycles. The Morgan fingerprint density at radius 2 is 1.69 bits per heavy atom. The smallest absolute Gasteiger partial charge is 0.326 e. The molecule has 0 saturated carbocycles. The molecule has 0 unspecified atom stereocenters. The summed E-state index contributed by atoms with van der Waals surface area (Å²) in [7, 11) is -3.71. The highest BCUT2D eigenvalue weighted by molar-refractivity contribution is 7.89. The van der Waals surface area contributed by atoms with Crippen LogP contribution in [0.15, 0.2) is 29.2 Å². The number of benzene rings is 1. The van der Waals surface area contributed by atoms with E-state index in [0.717, 1.165) is 4.90 Å². The summed E-state index contributed by atoms with van der Waals surface area (Å²) in [6.45, 7) is 2.27. The third-order valence-electron chi connectivity index (χ3n) is 5.13. The van der Waals surface area contributed by atoms with Gasteiger partial charge in [-0.1, -0.05) is 11.6 Å². The van der Waals surface area contributed by atoms with Crippen molar-refractivity contribution in [3.63, 3.8) is 0 Å². The summed E-state index contributed by atoms with van der Waals surface area (Å²) >= 11 is 5.80. The fourth-order valence-corrected chi connectivity index (χ4v) is 4.85. The zero-order valence-corrected chi connectivity index (χ0v) is 19.1. The second-order valence-electron chi connectivity index (χ2n) is 7.85. The third kappa shape index (κ3) is 5.03. The third-order valence-corrected chi connectivity index (χ3v) is 7.30. The van der Waals surface area contributed by atoms with Gasteiger partial charge in [-0.2, -0.15) is 4.31 Å². The van der Waals surface area contributed by atoms with Crippen LogP contribution in [0.25, 0.3) is 0 Å². The number of urea groups is 1. The summed E-state index contributed by atoms with van der Waals surface area (Å²) < 4.78 is 31.6. The maximum atomic E-state index is 12.7. The topological polar surface area (TPSA) is 133 Å². The molecule has 0 radical (unpaired) electrons. The minimum absolute atomic E-state index is 0.0855. The highest BCUT2D eigenvalue weighted by atomic mass is 35.5. The van der Waals surface area contributed by atoms with Gasteiger partial charge in [0.25, 0.3) is 11.8 Å². The minimum atomic E-state index is -3.71. The van der Waals surface area contributed by atoms with Crippen molar-refractivity contribution >= 4 is 45.4 Å². The predicted molar refractivity (Wildman–Crippen MR) is 112 cm³/mol. The Morgan fingerprint density at radius 3 is 2.22 bits per heavy atom. The molecule has 1 aromatic rings. The molecule has 174 valence electrons. The molecule has 2 heterocycles. The van der Waals surface area contributed by atoms with Crippen LogP contribution >= 0.6 is 11.6 Å². The first-order valence-electron chi connectivity index (χ1n) is 9.75. The largest absolute Gasteiger partial charge is 0.454 e. The van der Waals surface area contributed by atoms with E-state index in [2.05, 4.69) is 5.32 Å². The molecule has 3 rings (SSSR count). The van der Waals surface area contributed by atoms with Crippen LogP contribution in [0.1, 0.15) is 13.8 Å². The van der Waals surface area contributed by atoms with Crippen molar-refractivity contribution in [2.45, 2.75) is 24.3 Å². The van der Waals surface area contributed by atoms with Crippen LogP contribution in [-0.4, -0.2) is 91.2 Å². The summed E-state index contributed by atoms with van der Waals surface area (Å²) in [6, 6.07) is 5.11. The number of esters is 1. The van der Waals surface area contributed by atoms with E-state index in [9.17, 15) is 27.6 Å². The molecular weight excluding hydrogens is 464 g/mol. The van der Waals surface area contributed by atoms with E-state index in [-0.39, 0.29) is 31.1 Å². The Labute approximate surface area is 190 Å². The van der Waals surface area contributed by atoms with Crippen LogP contribution in [0.4, 0.5) is 4.79 Å². The number of hydrogen-bond acceptors (Lipinski definition) is 7. The molecule has 2 aliphatic rings. The van der Waals surface area contributed by atoms with E-state index < -0.39 is 52.5 Å². The highest BCUT2D eigenvalue weighted by Crippen LogP contribution is 2.20. The first-order chi connectivity index (χ1) is 14.9. The van der Waals surface area contributed by atoms with Crippen molar-refractivity contribution in [1.82, 2.24) is 19.4 Å². The van der Waals surface area contributed by atoms with E-state index in [4.69, 9.17) is 16.3 Å². The van der Waals surface area contributed by atoms with E-state index in [0.29, 0.717) is 5.02 Å². The average Bonchev–Trinajstić information content (AvgIpc) is 2.94. The zero-order valence-electron chi connectivity index (χ0n) is 17.5. The molecule has 2 fully saturated rings. The lowest BCUT2D eigenvalue weighted by atomic mass is 10.1. The molecule has 0 bridgehead atoms. The molecule has 32 heavy (non-hydrogen) atoms. The van der Waals surface area contributed by atoms with Crippen molar-refractivity contribution in [1.29, 1.82) is 0 Å². The minimum Gasteiger partial charge on any atom is -0.454 e. The number of rotatable bonds is 6. The van der Waals surface area contributed by atoms with Crippen molar-refractivity contribution in [3.05, 3.63) is 29.3 Å². The van der Waals surface area contributed by atoms with E-state index in [1.54, 1.807) is 0 Å². The highest BCUT2D eigenvalue weighted by Gasteiger charge is 2.45. The van der Waals surface area contributed by atoms with Crippen molar-refractivity contribution in [3.8, 4) is 0 Å². The van der Waals surface area contributed by atoms with Crippen LogP contribution < -0.4 is 5.32 Å². The number of nitrogens with zero attached hydrogens (tertiary/aromatic N) is 3. The Bertz CT molecular complexity index is 1030. The number of hydrogen-bond donors (Lipinski definition) is 1. The molecular formula is C19H23ClN4O7S. The molecule has 0 spiro atoms. The first kappa shape index (κ1) is 24.0. The Hall–Kier alpha value is -2.70. The summed E-state index contributed by atoms with van der Waals surface area (Å²) in [5.41, 5.74) is -1.11. The predicted octanol–water partition coefficient (Wildman–Crippen LogP) is 0.0465. The molecule has 11 nitrogen and oxygen atoms in total. The standard InChI is InChI=1S/C19H23ClN4O7S/c1-19(2)17(27)24(18(28)21-19)11-16(26)31-12-15(25)22-7-9-23(10-8-22)32(29,30)14-5-3-13(20)4-6-14/h3-6H,7-12H2,1-2H3,(H,21,28). The molecule has 0 aromatic heterocycles. The van der Waals surface area contributed by atoms with E-state index in [1.807, 2.05) is 0 Å². The van der Waals surface area contributed by atoms with E-state index >= 15 is 0 Å². The molecule has 1 aromatic carbocycles. The lowest BCUT2D eigenvalue weighted by Crippen LogP contribution is -2.51. The normalized spacial score (nSPS) is 19.1. The van der Waals surface area contributed by atoms with Crippen LogP contribution in [0.3, 0.4) is 0 Å². The van der Waals surface area contributed by atoms with Gasteiger partial charge >= 0.3 is 12.0 Å². The number of piperazine rings is 1. The fourth-order valence-electron chi connectivity index (χ4n) is 3.30. The first-order valence-corrected chi connectivity index (χ1v) is 11.6. The van der Waals surface area contributed by atoms with Crippen molar-refractivity contribution in [2.75, 3.05) is 39.3 Å². The Balaban J connectivity index is 1.47. The molecule has 0 aliphatic carbocycles. The number of halogens is 1. The molecule has 13 heteroatoms. The Morgan fingerprint density at radius 1 is 1.09 bits per heavy atom. The van der Waals surface area contributed by atoms with Gasteiger partial charge in [-0.15, -0.1) is 0 Å². The molecule has 1 N–H and O–H groups in total. The van der Waals surface area contributed by atoms with Crippen LogP contribution in [0.2, 0.25) is 5.02 Å². The fraction of sp³-hybridized carbons (Fsp3) is 0.474. The monoisotopic (exact) mass is 486 g/mol. The second-order valence-corrected chi connectivity index (χ2v) is 10.2. The van der Waals surface area contributed by atoms with Gasteiger partial charge in [0.15, 0.2) is 6.61 Å². The van der Waals surface area contributed by atoms with Gasteiger partial charge in [-0.05, 0) is 38.1 Å². The van der Waals surface area contributed by atoms with Gasteiger partial charge in [-0.3, -0.25) is 19.3 Å². The van der Waals surface area contributed by atoms with Crippen molar-refractivity contribution < 1.29 is 32.3 Å². The summed E-state index contributed by atoms with van der Waals surface area (Å²) in [4.78, 5) is 50.4. The number of imide groups is 1. The average molecular weight is 487 g/mol. The number of sulfonamides is 1. The van der Waals surface area contributed by atoms with Gasteiger partial charge in [0.1, 0.15) is 12.1 Å².